The lowest BCUT2D eigenvalue weighted by Gasteiger charge is -2.19. The van der Waals surface area contributed by atoms with Crippen LogP contribution in [-0.2, 0) is 13.5 Å². The molecule has 0 aliphatic rings. The van der Waals surface area contributed by atoms with Crippen LogP contribution >= 0.6 is 0 Å². The van der Waals surface area contributed by atoms with Crippen molar-refractivity contribution in [2.24, 2.45) is 17.9 Å². The van der Waals surface area contributed by atoms with Gasteiger partial charge in [0.15, 0.2) is 0 Å². The van der Waals surface area contributed by atoms with Crippen molar-refractivity contribution >= 4 is 5.84 Å². The minimum Gasteiger partial charge on any atom is -0.409 e. The number of nitrogens with two attached hydrogens (primary N) is 1. The van der Waals surface area contributed by atoms with Crippen molar-refractivity contribution in [1.82, 2.24) is 14.7 Å². The lowest BCUT2D eigenvalue weighted by atomic mass is 10.2. The minimum absolute atomic E-state index is 0.282. The lowest BCUT2D eigenvalue weighted by Crippen LogP contribution is -2.30. The number of amidine groups is 1. The van der Waals surface area contributed by atoms with Crippen molar-refractivity contribution in [3.05, 3.63) is 18.0 Å². The monoisotopic (exact) mass is 239 g/mol. The predicted octanol–water partition coefficient (Wildman–Crippen LogP) is 0.421. The largest absolute Gasteiger partial charge is 0.409 e. The summed E-state index contributed by atoms with van der Waals surface area (Å²) in [7, 11) is 1.92. The van der Waals surface area contributed by atoms with E-state index in [-0.39, 0.29) is 5.84 Å². The van der Waals surface area contributed by atoms with Gasteiger partial charge in [0.1, 0.15) is 5.84 Å². The summed E-state index contributed by atoms with van der Waals surface area (Å²) < 4.78 is 1.81. The van der Waals surface area contributed by atoms with E-state index in [1.54, 1.807) is 0 Å². The number of rotatable bonds is 7. The first-order chi connectivity index (χ1) is 8.15. The third kappa shape index (κ3) is 4.86. The average Bonchev–Trinajstić information content (AvgIpc) is 2.75. The first-order valence-corrected chi connectivity index (χ1v) is 5.82. The van der Waals surface area contributed by atoms with Crippen LogP contribution in [-0.4, -0.2) is 45.4 Å². The summed E-state index contributed by atoms with van der Waals surface area (Å²) in [5, 5.41) is 15.6. The van der Waals surface area contributed by atoms with Crippen molar-refractivity contribution in [3.8, 4) is 0 Å². The van der Waals surface area contributed by atoms with Crippen LogP contribution in [0, 0.1) is 0 Å². The van der Waals surface area contributed by atoms with Gasteiger partial charge in [0.2, 0.25) is 0 Å². The zero-order valence-electron chi connectivity index (χ0n) is 10.5. The number of oxime groups is 1. The van der Waals surface area contributed by atoms with Crippen LogP contribution in [0.1, 0.15) is 18.9 Å². The number of hydrogen-bond acceptors (Lipinski definition) is 4. The van der Waals surface area contributed by atoms with Crippen LogP contribution in [0.4, 0.5) is 0 Å². The molecule has 0 aliphatic heterocycles. The van der Waals surface area contributed by atoms with Crippen molar-refractivity contribution < 1.29 is 5.21 Å². The Hall–Kier alpha value is -1.56. The standard InChI is InChI=1S/C11H21N5O/c1-3-16(7-5-11(12)14-17)6-4-10-8-13-15(2)9-10/h8-9,17H,3-7H2,1-2H3,(H2,12,14). The number of aryl methyl sites for hydroxylation is 1. The highest BCUT2D eigenvalue weighted by molar-refractivity contribution is 5.79. The van der Waals surface area contributed by atoms with E-state index in [1.807, 2.05) is 24.1 Å². The minimum atomic E-state index is 0.282. The van der Waals surface area contributed by atoms with Gasteiger partial charge < -0.3 is 15.8 Å². The molecule has 0 aliphatic carbocycles. The number of likely N-dealkylation sites (N-methyl/N-ethyl adjacent to an activating group) is 1. The number of nitrogens with zero attached hydrogens (tertiary/aromatic N) is 4. The Bertz CT molecular complexity index is 360. The third-order valence-electron chi connectivity index (χ3n) is 2.73. The molecule has 0 saturated carbocycles. The third-order valence-corrected chi connectivity index (χ3v) is 2.73. The Morgan fingerprint density at radius 3 is 2.88 bits per heavy atom. The van der Waals surface area contributed by atoms with Crippen molar-refractivity contribution in [2.45, 2.75) is 19.8 Å². The van der Waals surface area contributed by atoms with Crippen LogP contribution in [0.5, 0.6) is 0 Å². The summed E-state index contributed by atoms with van der Waals surface area (Å²) in [6.07, 6.45) is 5.48. The molecular weight excluding hydrogens is 218 g/mol. The molecule has 0 fully saturated rings. The molecule has 0 aromatic carbocycles. The molecule has 1 heterocycles. The van der Waals surface area contributed by atoms with Gasteiger partial charge in [0, 0.05) is 32.8 Å². The molecule has 0 spiro atoms. The SMILES string of the molecule is CCN(CCC(N)=NO)CCc1cnn(C)c1. The molecule has 0 radical (unpaired) electrons. The van der Waals surface area contributed by atoms with Gasteiger partial charge in [0.25, 0.3) is 0 Å². The fourth-order valence-electron chi connectivity index (χ4n) is 1.64. The van der Waals surface area contributed by atoms with E-state index in [1.165, 1.54) is 5.56 Å². The van der Waals surface area contributed by atoms with E-state index in [0.29, 0.717) is 6.42 Å². The highest BCUT2D eigenvalue weighted by Crippen LogP contribution is 2.00. The van der Waals surface area contributed by atoms with Gasteiger partial charge in [0.05, 0.1) is 6.20 Å². The second kappa shape index (κ2) is 6.90. The maximum absolute atomic E-state index is 8.46. The van der Waals surface area contributed by atoms with Crippen LogP contribution in [0.25, 0.3) is 0 Å². The van der Waals surface area contributed by atoms with Crippen LogP contribution < -0.4 is 5.73 Å². The maximum Gasteiger partial charge on any atom is 0.140 e. The molecule has 17 heavy (non-hydrogen) atoms. The Balaban J connectivity index is 2.32. The van der Waals surface area contributed by atoms with E-state index in [9.17, 15) is 0 Å². The highest BCUT2D eigenvalue weighted by Gasteiger charge is 2.05. The van der Waals surface area contributed by atoms with Gasteiger partial charge in [-0.15, -0.1) is 0 Å². The fourth-order valence-corrected chi connectivity index (χ4v) is 1.64. The average molecular weight is 239 g/mol. The van der Waals surface area contributed by atoms with Gasteiger partial charge in [-0.05, 0) is 18.5 Å². The van der Waals surface area contributed by atoms with Crippen molar-refractivity contribution in [1.29, 1.82) is 0 Å². The Kier molecular flexibility index (Phi) is 5.48. The quantitative estimate of drug-likeness (QED) is 0.313. The first kappa shape index (κ1) is 13.5. The zero-order chi connectivity index (χ0) is 12.7. The molecule has 3 N–H and O–H groups in total. The summed E-state index contributed by atoms with van der Waals surface area (Å²) in [6.45, 7) is 4.84. The molecule has 0 bridgehead atoms. The molecule has 6 nitrogen and oxygen atoms in total. The summed E-state index contributed by atoms with van der Waals surface area (Å²) in [4.78, 5) is 2.27. The van der Waals surface area contributed by atoms with E-state index in [2.05, 4.69) is 22.1 Å². The van der Waals surface area contributed by atoms with Crippen molar-refractivity contribution in [2.75, 3.05) is 19.6 Å². The van der Waals surface area contributed by atoms with Gasteiger partial charge in [-0.2, -0.15) is 5.10 Å². The van der Waals surface area contributed by atoms with Gasteiger partial charge >= 0.3 is 0 Å². The summed E-state index contributed by atoms with van der Waals surface area (Å²) in [5.41, 5.74) is 6.68. The van der Waals surface area contributed by atoms with E-state index >= 15 is 0 Å². The molecular formula is C11H21N5O. The van der Waals surface area contributed by atoms with Gasteiger partial charge in [-0.3, -0.25) is 4.68 Å². The molecule has 6 heteroatoms. The molecule has 1 aromatic heterocycles. The molecule has 0 amide bonds. The highest BCUT2D eigenvalue weighted by atomic mass is 16.4. The molecule has 0 atom stereocenters. The van der Waals surface area contributed by atoms with Gasteiger partial charge in [-0.1, -0.05) is 12.1 Å². The van der Waals surface area contributed by atoms with E-state index in [0.717, 1.165) is 26.1 Å². The smallest absolute Gasteiger partial charge is 0.140 e. The normalized spacial score (nSPS) is 12.3. The molecule has 0 unspecified atom stereocenters. The Morgan fingerprint density at radius 1 is 1.59 bits per heavy atom. The molecule has 1 aromatic rings. The Morgan fingerprint density at radius 2 is 2.35 bits per heavy atom. The molecule has 96 valence electrons. The molecule has 0 saturated heterocycles. The fraction of sp³-hybridized carbons (Fsp3) is 0.636. The van der Waals surface area contributed by atoms with E-state index in [4.69, 9.17) is 10.9 Å². The number of aromatic nitrogens is 2. The first-order valence-electron chi connectivity index (χ1n) is 5.82. The summed E-state index contributed by atoms with van der Waals surface area (Å²) in [5.74, 6) is 0.282. The van der Waals surface area contributed by atoms with Crippen molar-refractivity contribution in [3.63, 3.8) is 0 Å². The summed E-state index contributed by atoms with van der Waals surface area (Å²) >= 11 is 0. The Labute approximate surface area is 102 Å². The lowest BCUT2D eigenvalue weighted by molar-refractivity contribution is 0.292. The molecule has 1 rings (SSSR count). The van der Waals surface area contributed by atoms with E-state index < -0.39 is 0 Å². The second-order valence-corrected chi connectivity index (χ2v) is 4.05. The van der Waals surface area contributed by atoms with Crippen LogP contribution in [0.3, 0.4) is 0 Å². The second-order valence-electron chi connectivity index (χ2n) is 4.05. The predicted molar refractivity (Wildman–Crippen MR) is 67.1 cm³/mol. The summed E-state index contributed by atoms with van der Waals surface area (Å²) in [6, 6.07) is 0. The maximum atomic E-state index is 8.46. The number of hydrogen-bond donors (Lipinski definition) is 2. The topological polar surface area (TPSA) is 79.7 Å². The van der Waals surface area contributed by atoms with Crippen LogP contribution in [0.2, 0.25) is 0 Å². The zero-order valence-corrected chi connectivity index (χ0v) is 10.5. The van der Waals surface area contributed by atoms with Crippen LogP contribution in [0.15, 0.2) is 17.5 Å². The van der Waals surface area contributed by atoms with Gasteiger partial charge in [-0.25, -0.2) is 0 Å².